The molecule has 1 heterocycles. The third-order valence-electron chi connectivity index (χ3n) is 3.07. The molecule has 1 aromatic heterocycles. The van der Waals surface area contributed by atoms with Crippen LogP contribution in [-0.4, -0.2) is 22.1 Å². The highest BCUT2D eigenvalue weighted by atomic mass is 79.9. The van der Waals surface area contributed by atoms with Gasteiger partial charge in [0.25, 0.3) is 0 Å². The lowest BCUT2D eigenvalue weighted by atomic mass is 10.2. The molecule has 0 amide bonds. The molecule has 0 fully saturated rings. The number of halogens is 1. The predicted octanol–water partition coefficient (Wildman–Crippen LogP) is 3.81. The number of benzene rings is 1. The summed E-state index contributed by atoms with van der Waals surface area (Å²) in [6.07, 6.45) is 3.14. The van der Waals surface area contributed by atoms with Crippen LogP contribution in [0.25, 0.3) is 0 Å². The van der Waals surface area contributed by atoms with Crippen molar-refractivity contribution in [3.05, 3.63) is 46.0 Å². The minimum Gasteiger partial charge on any atom is -0.338 e. The first-order valence-electron chi connectivity index (χ1n) is 6.92. The molecule has 0 saturated heterocycles. The first-order chi connectivity index (χ1) is 9.69. The molecule has 0 atom stereocenters. The summed E-state index contributed by atoms with van der Waals surface area (Å²) in [6, 6.07) is 8.23. The van der Waals surface area contributed by atoms with E-state index in [1.54, 1.807) is 0 Å². The quantitative estimate of drug-likeness (QED) is 0.770. The highest BCUT2D eigenvalue weighted by Crippen LogP contribution is 2.18. The molecule has 0 saturated carbocycles. The Balaban J connectivity index is 1.89. The van der Waals surface area contributed by atoms with Crippen molar-refractivity contribution in [2.24, 2.45) is 0 Å². The molecule has 2 aromatic rings. The molecule has 20 heavy (non-hydrogen) atoms. The lowest BCUT2D eigenvalue weighted by Gasteiger charge is -2.15. The molecule has 0 aliphatic rings. The SMILES string of the molecule is CCCCc1noc(CN(C)Cc2ccccc2Br)n1. The third kappa shape index (κ3) is 4.42. The Bertz CT molecular complexity index is 541. The summed E-state index contributed by atoms with van der Waals surface area (Å²) in [5, 5.41) is 4.01. The summed E-state index contributed by atoms with van der Waals surface area (Å²) in [5.74, 6) is 1.50. The molecule has 0 aliphatic carbocycles. The molecule has 1 aromatic carbocycles. The zero-order chi connectivity index (χ0) is 14.4. The van der Waals surface area contributed by atoms with Crippen molar-refractivity contribution in [3.63, 3.8) is 0 Å². The number of aromatic nitrogens is 2. The van der Waals surface area contributed by atoms with E-state index in [0.29, 0.717) is 12.4 Å². The second-order valence-corrected chi connectivity index (χ2v) is 5.83. The van der Waals surface area contributed by atoms with E-state index < -0.39 is 0 Å². The number of aryl methyl sites for hydroxylation is 1. The van der Waals surface area contributed by atoms with Crippen molar-refractivity contribution in [1.29, 1.82) is 0 Å². The summed E-state index contributed by atoms with van der Waals surface area (Å²) in [7, 11) is 2.05. The van der Waals surface area contributed by atoms with Gasteiger partial charge in [-0.25, -0.2) is 0 Å². The standard InChI is InChI=1S/C15H20BrN3O/c1-3-4-9-14-17-15(20-18-14)11-19(2)10-12-7-5-6-8-13(12)16/h5-8H,3-4,9-11H2,1-2H3. The van der Waals surface area contributed by atoms with Gasteiger partial charge in [-0.2, -0.15) is 4.98 Å². The maximum absolute atomic E-state index is 5.29. The highest BCUT2D eigenvalue weighted by molar-refractivity contribution is 9.10. The van der Waals surface area contributed by atoms with Gasteiger partial charge in [-0.1, -0.05) is 52.6 Å². The fourth-order valence-corrected chi connectivity index (χ4v) is 2.41. The van der Waals surface area contributed by atoms with Crippen molar-refractivity contribution in [3.8, 4) is 0 Å². The van der Waals surface area contributed by atoms with Gasteiger partial charge in [-0.3, -0.25) is 4.90 Å². The lowest BCUT2D eigenvalue weighted by molar-refractivity contribution is 0.260. The molecule has 0 N–H and O–H groups in total. The smallest absolute Gasteiger partial charge is 0.240 e. The van der Waals surface area contributed by atoms with Crippen LogP contribution in [0.4, 0.5) is 0 Å². The average molecular weight is 338 g/mol. The summed E-state index contributed by atoms with van der Waals surface area (Å²) in [6.45, 7) is 3.67. The number of rotatable bonds is 7. The molecule has 2 rings (SSSR count). The zero-order valence-corrected chi connectivity index (χ0v) is 13.6. The Kier molecular flexibility index (Phi) is 5.73. The van der Waals surface area contributed by atoms with Crippen LogP contribution >= 0.6 is 15.9 Å². The zero-order valence-electron chi connectivity index (χ0n) is 12.0. The van der Waals surface area contributed by atoms with E-state index >= 15 is 0 Å². The van der Waals surface area contributed by atoms with Crippen LogP contribution in [0.2, 0.25) is 0 Å². The Labute approximate surface area is 128 Å². The van der Waals surface area contributed by atoms with E-state index in [2.05, 4.69) is 57.1 Å². The largest absolute Gasteiger partial charge is 0.338 e. The molecule has 5 heteroatoms. The first-order valence-corrected chi connectivity index (χ1v) is 7.71. The van der Waals surface area contributed by atoms with Gasteiger partial charge in [0.2, 0.25) is 5.89 Å². The molecule has 0 spiro atoms. The van der Waals surface area contributed by atoms with Gasteiger partial charge >= 0.3 is 0 Å². The summed E-state index contributed by atoms with van der Waals surface area (Å²) >= 11 is 3.56. The normalized spacial score (nSPS) is 11.2. The number of unbranched alkanes of at least 4 members (excludes halogenated alkanes) is 1. The van der Waals surface area contributed by atoms with Crippen molar-refractivity contribution in [1.82, 2.24) is 15.0 Å². The van der Waals surface area contributed by atoms with Gasteiger partial charge in [0, 0.05) is 17.4 Å². The van der Waals surface area contributed by atoms with Crippen LogP contribution in [0, 0.1) is 0 Å². The van der Waals surface area contributed by atoms with Gasteiger partial charge in [0.05, 0.1) is 6.54 Å². The van der Waals surface area contributed by atoms with E-state index in [1.807, 2.05) is 12.1 Å². The van der Waals surface area contributed by atoms with E-state index in [4.69, 9.17) is 4.52 Å². The Hall–Kier alpha value is -1.20. The van der Waals surface area contributed by atoms with E-state index in [9.17, 15) is 0 Å². The van der Waals surface area contributed by atoms with Crippen LogP contribution in [0.3, 0.4) is 0 Å². The van der Waals surface area contributed by atoms with Gasteiger partial charge in [0.15, 0.2) is 5.82 Å². The molecular formula is C15H20BrN3O. The van der Waals surface area contributed by atoms with E-state index in [-0.39, 0.29) is 0 Å². The monoisotopic (exact) mass is 337 g/mol. The van der Waals surface area contributed by atoms with Crippen LogP contribution in [0.1, 0.15) is 37.0 Å². The van der Waals surface area contributed by atoms with E-state index in [0.717, 1.165) is 36.1 Å². The first kappa shape index (κ1) is 15.2. The van der Waals surface area contributed by atoms with Crippen molar-refractivity contribution in [2.75, 3.05) is 7.05 Å². The molecule has 0 bridgehead atoms. The maximum atomic E-state index is 5.29. The van der Waals surface area contributed by atoms with Gasteiger partial charge in [-0.15, -0.1) is 0 Å². The maximum Gasteiger partial charge on any atom is 0.240 e. The Morgan fingerprint density at radius 3 is 2.80 bits per heavy atom. The second kappa shape index (κ2) is 7.55. The fourth-order valence-electron chi connectivity index (χ4n) is 2.00. The van der Waals surface area contributed by atoms with Crippen LogP contribution in [-0.2, 0) is 19.5 Å². The molecule has 0 radical (unpaired) electrons. The van der Waals surface area contributed by atoms with Gasteiger partial charge in [0.1, 0.15) is 0 Å². The highest BCUT2D eigenvalue weighted by Gasteiger charge is 2.10. The molecule has 108 valence electrons. The minimum absolute atomic E-state index is 0.667. The predicted molar refractivity (Wildman–Crippen MR) is 82.2 cm³/mol. The third-order valence-corrected chi connectivity index (χ3v) is 3.84. The summed E-state index contributed by atoms with van der Waals surface area (Å²) < 4.78 is 6.41. The average Bonchev–Trinajstić information content (AvgIpc) is 2.86. The fraction of sp³-hybridized carbons (Fsp3) is 0.467. The Morgan fingerprint density at radius 2 is 2.05 bits per heavy atom. The summed E-state index contributed by atoms with van der Waals surface area (Å²) in [5.41, 5.74) is 1.25. The van der Waals surface area contributed by atoms with Crippen molar-refractivity contribution in [2.45, 2.75) is 39.3 Å². The minimum atomic E-state index is 0.667. The van der Waals surface area contributed by atoms with Crippen molar-refractivity contribution >= 4 is 15.9 Å². The van der Waals surface area contributed by atoms with Crippen LogP contribution < -0.4 is 0 Å². The van der Waals surface area contributed by atoms with E-state index in [1.165, 1.54) is 5.56 Å². The number of hydrogen-bond acceptors (Lipinski definition) is 4. The molecule has 4 nitrogen and oxygen atoms in total. The molecular weight excluding hydrogens is 318 g/mol. The van der Waals surface area contributed by atoms with Gasteiger partial charge < -0.3 is 4.52 Å². The second-order valence-electron chi connectivity index (χ2n) is 4.97. The molecule has 0 aliphatic heterocycles. The Morgan fingerprint density at radius 1 is 1.25 bits per heavy atom. The summed E-state index contributed by atoms with van der Waals surface area (Å²) in [4.78, 5) is 6.58. The van der Waals surface area contributed by atoms with Crippen LogP contribution in [0.5, 0.6) is 0 Å². The van der Waals surface area contributed by atoms with Crippen molar-refractivity contribution < 1.29 is 4.52 Å². The van der Waals surface area contributed by atoms with Crippen LogP contribution in [0.15, 0.2) is 33.3 Å². The topological polar surface area (TPSA) is 42.2 Å². The lowest BCUT2D eigenvalue weighted by Crippen LogP contribution is -2.17. The molecule has 0 unspecified atom stereocenters. The van der Waals surface area contributed by atoms with Gasteiger partial charge in [-0.05, 0) is 25.1 Å². The number of hydrogen-bond donors (Lipinski definition) is 0. The number of nitrogens with zero attached hydrogens (tertiary/aromatic N) is 3.